The summed E-state index contributed by atoms with van der Waals surface area (Å²) in [6.45, 7) is 3.87. The Morgan fingerprint density at radius 3 is 2.55 bits per heavy atom. The van der Waals surface area contributed by atoms with Gasteiger partial charge in [0.25, 0.3) is 0 Å². The lowest BCUT2D eigenvalue weighted by atomic mass is 10.1. The Labute approximate surface area is 124 Å². The van der Waals surface area contributed by atoms with Crippen LogP contribution in [0.1, 0.15) is 36.2 Å². The minimum absolute atomic E-state index is 0.149. The summed E-state index contributed by atoms with van der Waals surface area (Å²) < 4.78 is 27.9. The molecule has 0 fully saturated rings. The number of aryl methyl sites for hydroxylation is 1. The SMILES string of the molecule is CCCC(NS(=O)(=O)c1ccccc1C)c1cccs1. The van der Waals surface area contributed by atoms with Gasteiger partial charge in [-0.05, 0) is 36.4 Å². The van der Waals surface area contributed by atoms with Crippen molar-refractivity contribution in [3.8, 4) is 0 Å². The van der Waals surface area contributed by atoms with Crippen LogP contribution in [0.2, 0.25) is 0 Å². The number of sulfonamides is 1. The molecule has 1 aromatic heterocycles. The summed E-state index contributed by atoms with van der Waals surface area (Å²) in [5.74, 6) is 0. The predicted molar refractivity (Wildman–Crippen MR) is 83.5 cm³/mol. The molecule has 0 saturated heterocycles. The number of hydrogen-bond acceptors (Lipinski definition) is 3. The van der Waals surface area contributed by atoms with Crippen LogP contribution in [0.5, 0.6) is 0 Å². The quantitative estimate of drug-likeness (QED) is 0.880. The van der Waals surface area contributed by atoms with E-state index in [2.05, 4.69) is 11.6 Å². The van der Waals surface area contributed by atoms with Crippen LogP contribution in [-0.4, -0.2) is 8.42 Å². The highest BCUT2D eigenvalue weighted by molar-refractivity contribution is 7.89. The maximum Gasteiger partial charge on any atom is 0.241 e. The molecule has 108 valence electrons. The molecule has 1 aromatic carbocycles. The van der Waals surface area contributed by atoms with Crippen molar-refractivity contribution in [2.75, 3.05) is 0 Å². The first kappa shape index (κ1) is 15.2. The Morgan fingerprint density at radius 2 is 1.95 bits per heavy atom. The molecule has 0 aliphatic carbocycles. The highest BCUT2D eigenvalue weighted by atomic mass is 32.2. The fourth-order valence-corrected chi connectivity index (χ4v) is 4.53. The number of benzene rings is 1. The zero-order valence-electron chi connectivity index (χ0n) is 11.7. The van der Waals surface area contributed by atoms with E-state index in [0.717, 1.165) is 23.3 Å². The molecule has 1 atom stereocenters. The third kappa shape index (κ3) is 3.48. The van der Waals surface area contributed by atoms with E-state index in [1.165, 1.54) is 0 Å². The van der Waals surface area contributed by atoms with Gasteiger partial charge in [0.1, 0.15) is 0 Å². The third-order valence-corrected chi connectivity index (χ3v) is 5.76. The van der Waals surface area contributed by atoms with Gasteiger partial charge in [-0.2, -0.15) is 0 Å². The van der Waals surface area contributed by atoms with Gasteiger partial charge in [-0.15, -0.1) is 11.3 Å². The van der Waals surface area contributed by atoms with Crippen LogP contribution in [0.4, 0.5) is 0 Å². The van der Waals surface area contributed by atoms with Gasteiger partial charge in [0.15, 0.2) is 0 Å². The maximum absolute atomic E-state index is 12.5. The lowest BCUT2D eigenvalue weighted by molar-refractivity contribution is 0.539. The van der Waals surface area contributed by atoms with Gasteiger partial charge < -0.3 is 0 Å². The van der Waals surface area contributed by atoms with Crippen molar-refractivity contribution in [3.63, 3.8) is 0 Å². The van der Waals surface area contributed by atoms with Crippen molar-refractivity contribution in [1.29, 1.82) is 0 Å². The molecule has 0 bridgehead atoms. The molecule has 1 unspecified atom stereocenters. The van der Waals surface area contributed by atoms with Crippen LogP contribution >= 0.6 is 11.3 Å². The molecule has 0 saturated carbocycles. The van der Waals surface area contributed by atoms with E-state index >= 15 is 0 Å². The highest BCUT2D eigenvalue weighted by Gasteiger charge is 2.22. The molecule has 1 N–H and O–H groups in total. The zero-order valence-corrected chi connectivity index (χ0v) is 13.3. The van der Waals surface area contributed by atoms with Gasteiger partial charge in [-0.3, -0.25) is 0 Å². The lowest BCUT2D eigenvalue weighted by Gasteiger charge is -2.17. The van der Waals surface area contributed by atoms with Gasteiger partial charge in [-0.1, -0.05) is 37.6 Å². The molecule has 0 spiro atoms. The zero-order chi connectivity index (χ0) is 14.6. The van der Waals surface area contributed by atoms with Crippen LogP contribution < -0.4 is 4.72 Å². The topological polar surface area (TPSA) is 46.2 Å². The molecular formula is C15H19NO2S2. The van der Waals surface area contributed by atoms with Crippen LogP contribution in [0.25, 0.3) is 0 Å². The standard InChI is InChI=1S/C15H19NO2S2/c1-3-7-13(14-9-6-11-19-14)16-20(17,18)15-10-5-4-8-12(15)2/h4-6,8-11,13,16H,3,7H2,1-2H3. The summed E-state index contributed by atoms with van der Waals surface area (Å²) in [5, 5.41) is 1.97. The molecule has 2 rings (SSSR count). The normalized spacial score (nSPS) is 13.3. The monoisotopic (exact) mass is 309 g/mol. The molecule has 0 aliphatic rings. The smallest absolute Gasteiger partial charge is 0.207 e. The van der Waals surface area contributed by atoms with E-state index in [1.54, 1.807) is 23.5 Å². The van der Waals surface area contributed by atoms with Crippen molar-refractivity contribution in [2.24, 2.45) is 0 Å². The third-order valence-electron chi connectivity index (χ3n) is 3.14. The van der Waals surface area contributed by atoms with E-state index in [-0.39, 0.29) is 6.04 Å². The molecule has 20 heavy (non-hydrogen) atoms. The molecule has 0 radical (unpaired) electrons. The van der Waals surface area contributed by atoms with Crippen LogP contribution in [0.3, 0.4) is 0 Å². The largest absolute Gasteiger partial charge is 0.241 e. The van der Waals surface area contributed by atoms with E-state index < -0.39 is 10.0 Å². The van der Waals surface area contributed by atoms with Gasteiger partial charge in [0, 0.05) is 4.88 Å². The van der Waals surface area contributed by atoms with Gasteiger partial charge in [0.05, 0.1) is 10.9 Å². The van der Waals surface area contributed by atoms with E-state index in [4.69, 9.17) is 0 Å². The highest BCUT2D eigenvalue weighted by Crippen LogP contribution is 2.26. The van der Waals surface area contributed by atoms with Crippen LogP contribution in [0, 0.1) is 6.92 Å². The summed E-state index contributed by atoms with van der Waals surface area (Å²) >= 11 is 1.58. The van der Waals surface area contributed by atoms with E-state index in [9.17, 15) is 8.42 Å². The minimum atomic E-state index is -3.48. The number of hydrogen-bond donors (Lipinski definition) is 1. The molecule has 0 amide bonds. The second-order valence-corrected chi connectivity index (χ2v) is 7.41. The molecule has 5 heteroatoms. The Bertz CT molecular complexity index is 648. The summed E-state index contributed by atoms with van der Waals surface area (Å²) in [7, 11) is -3.48. The van der Waals surface area contributed by atoms with E-state index in [1.807, 2.05) is 36.6 Å². The second kappa shape index (κ2) is 6.52. The van der Waals surface area contributed by atoms with Crippen molar-refractivity contribution < 1.29 is 8.42 Å². The predicted octanol–water partition coefficient (Wildman–Crippen LogP) is 3.88. The van der Waals surface area contributed by atoms with Crippen molar-refractivity contribution >= 4 is 21.4 Å². The van der Waals surface area contributed by atoms with Crippen molar-refractivity contribution in [3.05, 3.63) is 52.2 Å². The summed E-state index contributed by atoms with van der Waals surface area (Å²) in [6.07, 6.45) is 1.73. The average Bonchev–Trinajstić information content (AvgIpc) is 2.92. The van der Waals surface area contributed by atoms with Crippen LogP contribution in [0.15, 0.2) is 46.7 Å². The number of nitrogens with one attached hydrogen (secondary N) is 1. The average molecular weight is 309 g/mol. The first-order valence-electron chi connectivity index (χ1n) is 6.66. The fraction of sp³-hybridized carbons (Fsp3) is 0.333. The minimum Gasteiger partial charge on any atom is -0.207 e. The maximum atomic E-state index is 12.5. The number of thiophene rings is 1. The summed E-state index contributed by atoms with van der Waals surface area (Å²) in [4.78, 5) is 1.42. The molecule has 0 aliphatic heterocycles. The Morgan fingerprint density at radius 1 is 1.20 bits per heavy atom. The van der Waals surface area contributed by atoms with Gasteiger partial charge in [0.2, 0.25) is 10.0 Å². The Hall–Kier alpha value is -1.17. The van der Waals surface area contributed by atoms with Crippen molar-refractivity contribution in [2.45, 2.75) is 37.6 Å². The van der Waals surface area contributed by atoms with Gasteiger partial charge in [-0.25, -0.2) is 13.1 Å². The Balaban J connectivity index is 2.28. The lowest BCUT2D eigenvalue weighted by Crippen LogP contribution is -2.28. The first-order valence-corrected chi connectivity index (χ1v) is 9.02. The van der Waals surface area contributed by atoms with Crippen LogP contribution in [-0.2, 0) is 10.0 Å². The van der Waals surface area contributed by atoms with Crippen molar-refractivity contribution in [1.82, 2.24) is 4.72 Å². The molecule has 3 nitrogen and oxygen atoms in total. The molecule has 1 heterocycles. The van der Waals surface area contributed by atoms with Gasteiger partial charge >= 0.3 is 0 Å². The summed E-state index contributed by atoms with van der Waals surface area (Å²) in [6, 6.07) is 10.8. The summed E-state index contributed by atoms with van der Waals surface area (Å²) in [5.41, 5.74) is 0.765. The Kier molecular flexibility index (Phi) is 4.96. The fourth-order valence-electron chi connectivity index (χ4n) is 2.15. The second-order valence-electron chi connectivity index (χ2n) is 4.74. The first-order chi connectivity index (χ1) is 9.54. The molecular weight excluding hydrogens is 290 g/mol. The molecule has 2 aromatic rings. The van der Waals surface area contributed by atoms with E-state index in [0.29, 0.717) is 4.90 Å². The number of rotatable bonds is 6.